The van der Waals surface area contributed by atoms with Crippen molar-refractivity contribution in [2.45, 2.75) is 6.92 Å². The Balaban J connectivity index is 1.75. The van der Waals surface area contributed by atoms with Gasteiger partial charge < -0.3 is 14.8 Å². The summed E-state index contributed by atoms with van der Waals surface area (Å²) in [5, 5.41) is 12.3. The van der Waals surface area contributed by atoms with Crippen molar-refractivity contribution in [3.63, 3.8) is 0 Å². The highest BCUT2D eigenvalue weighted by Gasteiger charge is 2.27. The van der Waals surface area contributed by atoms with Crippen LogP contribution in [0.25, 0.3) is 15.7 Å². The molecule has 0 aliphatic heterocycles. The van der Waals surface area contributed by atoms with Crippen molar-refractivity contribution in [2.75, 3.05) is 0 Å². The maximum atomic E-state index is 14.4. The molecule has 0 spiro atoms. The monoisotopic (exact) mass is 429 g/mol. The molecule has 0 aliphatic carbocycles. The number of hydrogen-bond donors (Lipinski definition) is 2. The van der Waals surface area contributed by atoms with Crippen LogP contribution >= 0.6 is 11.3 Å². The average molecular weight is 429 g/mol. The molecule has 2 N–H and O–H groups in total. The quantitative estimate of drug-likeness (QED) is 0.407. The molecule has 4 rings (SSSR count). The molecule has 30 heavy (non-hydrogen) atoms. The third kappa shape index (κ3) is 3.25. The van der Waals surface area contributed by atoms with E-state index in [0.717, 1.165) is 12.5 Å². The summed E-state index contributed by atoms with van der Waals surface area (Å²) in [6, 6.07) is 12.5. The number of carbonyl (C=O) groups is 1. The van der Waals surface area contributed by atoms with Gasteiger partial charge in [-0.15, -0.1) is 11.3 Å². The first kappa shape index (κ1) is 19.8. The SMILES string of the molecule is Cc1c(F)c(F)c2sc(C(=O)NC=C(c3ccccc3)c3ccco3)c(O)c2c1F. The molecular weight excluding hydrogens is 415 g/mol. The summed E-state index contributed by atoms with van der Waals surface area (Å²) < 4.78 is 47.4. The summed E-state index contributed by atoms with van der Waals surface area (Å²) >= 11 is 0.471. The van der Waals surface area contributed by atoms with Gasteiger partial charge in [0.25, 0.3) is 5.91 Å². The van der Waals surface area contributed by atoms with Gasteiger partial charge in [-0.05, 0) is 24.6 Å². The van der Waals surface area contributed by atoms with Crippen molar-refractivity contribution < 1.29 is 27.5 Å². The molecule has 0 saturated heterocycles. The van der Waals surface area contributed by atoms with Crippen LogP contribution in [-0.2, 0) is 0 Å². The summed E-state index contributed by atoms with van der Waals surface area (Å²) in [5.41, 5.74) is 0.737. The molecule has 2 aromatic carbocycles. The van der Waals surface area contributed by atoms with E-state index in [1.165, 1.54) is 12.5 Å². The van der Waals surface area contributed by atoms with Crippen LogP contribution < -0.4 is 5.32 Å². The van der Waals surface area contributed by atoms with Crippen molar-refractivity contribution in [2.24, 2.45) is 0 Å². The molecular formula is C22H14F3NO3S. The minimum atomic E-state index is -1.35. The summed E-state index contributed by atoms with van der Waals surface area (Å²) in [6.07, 6.45) is 2.85. The number of halogens is 3. The van der Waals surface area contributed by atoms with Crippen molar-refractivity contribution in [3.8, 4) is 5.75 Å². The third-order valence-electron chi connectivity index (χ3n) is 4.58. The predicted molar refractivity (Wildman–Crippen MR) is 108 cm³/mol. The normalized spacial score (nSPS) is 11.8. The molecule has 2 aromatic heterocycles. The number of benzene rings is 2. The first-order chi connectivity index (χ1) is 14.4. The topological polar surface area (TPSA) is 62.5 Å². The highest BCUT2D eigenvalue weighted by molar-refractivity contribution is 7.21. The number of furan rings is 1. The summed E-state index contributed by atoms with van der Waals surface area (Å²) in [5.74, 6) is -4.81. The first-order valence-corrected chi connectivity index (χ1v) is 9.60. The fraction of sp³-hybridized carbons (Fsp3) is 0.0455. The molecule has 0 unspecified atom stereocenters. The molecule has 0 aliphatic rings. The highest BCUT2D eigenvalue weighted by atomic mass is 32.1. The molecule has 0 fully saturated rings. The van der Waals surface area contributed by atoms with E-state index in [9.17, 15) is 23.1 Å². The highest BCUT2D eigenvalue weighted by Crippen LogP contribution is 2.42. The Morgan fingerprint density at radius 1 is 1.07 bits per heavy atom. The molecule has 4 nitrogen and oxygen atoms in total. The second kappa shape index (κ2) is 7.72. The van der Waals surface area contributed by atoms with Gasteiger partial charge >= 0.3 is 0 Å². The lowest BCUT2D eigenvalue weighted by molar-refractivity contribution is 0.0972. The lowest BCUT2D eigenvalue weighted by atomic mass is 10.0. The molecule has 1 amide bonds. The van der Waals surface area contributed by atoms with Crippen molar-refractivity contribution >= 4 is 32.9 Å². The summed E-state index contributed by atoms with van der Waals surface area (Å²) in [6.45, 7) is 1.06. The van der Waals surface area contributed by atoms with Gasteiger partial charge in [-0.3, -0.25) is 4.79 Å². The lowest BCUT2D eigenvalue weighted by Gasteiger charge is -2.06. The number of carbonyl (C=O) groups excluding carboxylic acids is 1. The van der Waals surface area contributed by atoms with Crippen LogP contribution in [-0.4, -0.2) is 11.0 Å². The lowest BCUT2D eigenvalue weighted by Crippen LogP contribution is -2.16. The number of hydrogen-bond acceptors (Lipinski definition) is 4. The van der Waals surface area contributed by atoms with E-state index >= 15 is 0 Å². The van der Waals surface area contributed by atoms with Gasteiger partial charge in [0.1, 0.15) is 22.2 Å². The smallest absolute Gasteiger partial charge is 0.269 e. The van der Waals surface area contributed by atoms with E-state index in [1.807, 2.05) is 30.3 Å². The number of aromatic hydroxyl groups is 1. The van der Waals surface area contributed by atoms with E-state index < -0.39 is 44.8 Å². The zero-order valence-corrected chi connectivity index (χ0v) is 16.3. The van der Waals surface area contributed by atoms with Gasteiger partial charge in [0, 0.05) is 17.3 Å². The molecule has 4 aromatic rings. The second-order valence-electron chi connectivity index (χ2n) is 6.43. The number of thiophene rings is 1. The Kier molecular flexibility index (Phi) is 5.09. The van der Waals surface area contributed by atoms with Crippen LogP contribution in [0.3, 0.4) is 0 Å². The second-order valence-corrected chi connectivity index (χ2v) is 7.45. The minimum absolute atomic E-state index is 0.337. The number of amides is 1. The van der Waals surface area contributed by atoms with Gasteiger partial charge in [0.05, 0.1) is 16.3 Å². The van der Waals surface area contributed by atoms with Gasteiger partial charge in [0.2, 0.25) is 0 Å². The molecule has 0 saturated carbocycles. The van der Waals surface area contributed by atoms with Crippen molar-refractivity contribution in [3.05, 3.63) is 94.1 Å². The largest absolute Gasteiger partial charge is 0.505 e. The van der Waals surface area contributed by atoms with E-state index in [2.05, 4.69) is 5.32 Å². The zero-order chi connectivity index (χ0) is 21.4. The molecule has 152 valence electrons. The van der Waals surface area contributed by atoms with E-state index in [-0.39, 0.29) is 4.88 Å². The van der Waals surface area contributed by atoms with Gasteiger partial charge in [-0.2, -0.15) is 0 Å². The third-order valence-corrected chi connectivity index (χ3v) is 5.75. The van der Waals surface area contributed by atoms with E-state index in [0.29, 0.717) is 22.7 Å². The van der Waals surface area contributed by atoms with Crippen LogP contribution in [0.2, 0.25) is 0 Å². The van der Waals surface area contributed by atoms with Crippen LogP contribution in [0.4, 0.5) is 13.2 Å². The number of fused-ring (bicyclic) bond motifs is 1. The average Bonchev–Trinajstić information content (AvgIpc) is 3.40. The summed E-state index contributed by atoms with van der Waals surface area (Å²) in [7, 11) is 0. The molecule has 0 radical (unpaired) electrons. The molecule has 0 atom stereocenters. The Morgan fingerprint density at radius 3 is 2.47 bits per heavy atom. The standard InChI is InChI=1S/C22H14F3NO3S/c1-11-16(23)15-19(27)21(30-20(15)18(25)17(11)24)22(28)26-10-13(14-8-5-9-29-14)12-6-3-2-4-7-12/h2-10,27H,1H3,(H,26,28). The zero-order valence-electron chi connectivity index (χ0n) is 15.5. The van der Waals surface area contributed by atoms with Crippen LogP contribution in [0.15, 0.2) is 59.3 Å². The van der Waals surface area contributed by atoms with Crippen LogP contribution in [0.5, 0.6) is 5.75 Å². The van der Waals surface area contributed by atoms with Crippen molar-refractivity contribution in [1.29, 1.82) is 0 Å². The maximum absolute atomic E-state index is 14.4. The Morgan fingerprint density at radius 2 is 1.80 bits per heavy atom. The molecule has 2 heterocycles. The van der Waals surface area contributed by atoms with E-state index in [4.69, 9.17) is 4.42 Å². The van der Waals surface area contributed by atoms with Gasteiger partial charge in [-0.1, -0.05) is 30.3 Å². The Labute approximate surface area is 172 Å². The Hall–Kier alpha value is -3.52. The molecule has 0 bridgehead atoms. The first-order valence-electron chi connectivity index (χ1n) is 8.79. The fourth-order valence-electron chi connectivity index (χ4n) is 3.03. The van der Waals surface area contributed by atoms with Crippen LogP contribution in [0, 0.1) is 24.4 Å². The van der Waals surface area contributed by atoms with Gasteiger partial charge in [-0.25, -0.2) is 13.2 Å². The fourth-order valence-corrected chi connectivity index (χ4v) is 4.05. The number of nitrogens with one attached hydrogen (secondary N) is 1. The molecule has 8 heteroatoms. The Bertz CT molecular complexity index is 1280. The minimum Gasteiger partial charge on any atom is -0.505 e. The van der Waals surface area contributed by atoms with Gasteiger partial charge in [0.15, 0.2) is 11.6 Å². The summed E-state index contributed by atoms with van der Waals surface area (Å²) in [4.78, 5) is 12.3. The van der Waals surface area contributed by atoms with Crippen LogP contribution in [0.1, 0.15) is 26.6 Å². The van der Waals surface area contributed by atoms with E-state index in [1.54, 1.807) is 12.1 Å². The van der Waals surface area contributed by atoms with Crippen molar-refractivity contribution in [1.82, 2.24) is 5.32 Å². The predicted octanol–water partition coefficient (Wildman–Crippen LogP) is 5.74. The number of rotatable bonds is 4. The maximum Gasteiger partial charge on any atom is 0.269 e.